The van der Waals surface area contributed by atoms with Crippen molar-refractivity contribution in [3.8, 4) is 0 Å². The molecule has 2 fully saturated rings. The number of alkyl halides is 2. The van der Waals surface area contributed by atoms with Crippen LogP contribution in [-0.2, 0) is 9.53 Å². The summed E-state index contributed by atoms with van der Waals surface area (Å²) in [5.41, 5.74) is 0.623. The number of anilines is 1. The number of nitrogens with one attached hydrogen (secondary N) is 1. The molecule has 1 atom stereocenters. The van der Waals surface area contributed by atoms with Crippen LogP contribution in [-0.4, -0.2) is 75.8 Å². The molecule has 10 heteroatoms. The molecule has 2 aliphatic heterocycles. The van der Waals surface area contributed by atoms with Gasteiger partial charge in [0.05, 0.1) is 24.7 Å². The van der Waals surface area contributed by atoms with E-state index in [1.165, 1.54) is 11.2 Å². The van der Waals surface area contributed by atoms with Crippen LogP contribution >= 0.6 is 0 Å². The third-order valence-corrected chi connectivity index (χ3v) is 4.68. The summed E-state index contributed by atoms with van der Waals surface area (Å²) in [6.45, 7) is 1.39. The van der Waals surface area contributed by atoms with Gasteiger partial charge >= 0.3 is 0 Å². The summed E-state index contributed by atoms with van der Waals surface area (Å²) in [5.74, 6) is -2.23. The molecule has 25 heavy (non-hydrogen) atoms. The first kappa shape index (κ1) is 16.1. The van der Waals surface area contributed by atoms with Gasteiger partial charge in [-0.3, -0.25) is 9.89 Å². The number of nitrogens with zero attached hydrogens (tertiary/aromatic N) is 5. The van der Waals surface area contributed by atoms with Gasteiger partial charge < -0.3 is 14.5 Å². The monoisotopic (exact) mass is 352 g/mol. The fourth-order valence-electron chi connectivity index (χ4n) is 3.25. The number of piperidine rings is 1. The first-order chi connectivity index (χ1) is 12.0. The summed E-state index contributed by atoms with van der Waals surface area (Å²) >= 11 is 0. The lowest BCUT2D eigenvalue weighted by Gasteiger charge is -2.38. The minimum absolute atomic E-state index is 0.0607. The zero-order valence-corrected chi connectivity index (χ0v) is 13.5. The van der Waals surface area contributed by atoms with Crippen LogP contribution in [0.1, 0.15) is 12.8 Å². The van der Waals surface area contributed by atoms with E-state index in [0.29, 0.717) is 31.2 Å². The number of aromatic amines is 1. The molecule has 2 aromatic heterocycles. The molecule has 1 unspecified atom stereocenters. The number of morpholine rings is 1. The molecule has 1 amide bonds. The quantitative estimate of drug-likeness (QED) is 0.861. The van der Waals surface area contributed by atoms with Gasteiger partial charge in [-0.05, 0) is 0 Å². The summed E-state index contributed by atoms with van der Waals surface area (Å²) in [7, 11) is 0. The van der Waals surface area contributed by atoms with E-state index < -0.39 is 12.0 Å². The van der Waals surface area contributed by atoms with Crippen LogP contribution < -0.4 is 4.90 Å². The highest BCUT2D eigenvalue weighted by Crippen LogP contribution is 2.29. The van der Waals surface area contributed by atoms with Gasteiger partial charge in [0.2, 0.25) is 0 Å². The fraction of sp³-hybridized carbons (Fsp3) is 0.600. The van der Waals surface area contributed by atoms with E-state index in [0.717, 1.165) is 5.39 Å². The van der Waals surface area contributed by atoms with Crippen molar-refractivity contribution in [2.24, 2.45) is 0 Å². The molecule has 2 aliphatic rings. The van der Waals surface area contributed by atoms with Crippen LogP contribution in [0.25, 0.3) is 11.0 Å². The zero-order valence-electron chi connectivity index (χ0n) is 13.5. The average molecular weight is 352 g/mol. The molecule has 1 N–H and O–H groups in total. The second-order valence-electron chi connectivity index (χ2n) is 6.32. The summed E-state index contributed by atoms with van der Waals surface area (Å²) in [4.78, 5) is 24.5. The van der Waals surface area contributed by atoms with Crippen LogP contribution in [0.4, 0.5) is 14.6 Å². The van der Waals surface area contributed by atoms with E-state index in [9.17, 15) is 13.6 Å². The van der Waals surface area contributed by atoms with Crippen molar-refractivity contribution in [3.05, 3.63) is 12.5 Å². The third kappa shape index (κ3) is 3.13. The van der Waals surface area contributed by atoms with Gasteiger partial charge in [-0.15, -0.1) is 0 Å². The molecule has 0 aromatic carbocycles. The van der Waals surface area contributed by atoms with Crippen molar-refractivity contribution in [1.29, 1.82) is 0 Å². The molecule has 0 aliphatic carbocycles. The number of H-pyrrole nitrogens is 1. The predicted octanol–water partition coefficient (Wildman–Crippen LogP) is 0.816. The highest BCUT2D eigenvalue weighted by molar-refractivity contribution is 5.87. The number of rotatable bonds is 2. The third-order valence-electron chi connectivity index (χ3n) is 4.68. The van der Waals surface area contributed by atoms with Crippen LogP contribution in [0.3, 0.4) is 0 Å². The average Bonchev–Trinajstić information content (AvgIpc) is 3.10. The number of hydrogen-bond donors (Lipinski definition) is 1. The Morgan fingerprint density at radius 2 is 2.08 bits per heavy atom. The van der Waals surface area contributed by atoms with E-state index in [2.05, 4.69) is 20.2 Å². The topological polar surface area (TPSA) is 87.2 Å². The number of carbonyl (C=O) groups excluding carboxylic acids is 1. The molecule has 0 bridgehead atoms. The smallest absolute Gasteiger partial charge is 0.253 e. The van der Waals surface area contributed by atoms with Gasteiger partial charge in [0.15, 0.2) is 11.8 Å². The Kier molecular flexibility index (Phi) is 3.98. The molecule has 0 spiro atoms. The van der Waals surface area contributed by atoms with E-state index in [1.807, 2.05) is 4.90 Å². The summed E-state index contributed by atoms with van der Waals surface area (Å²) in [6, 6.07) is 0. The maximum atomic E-state index is 13.3. The van der Waals surface area contributed by atoms with Crippen LogP contribution in [0.15, 0.2) is 12.5 Å². The van der Waals surface area contributed by atoms with Crippen LogP contribution in [0, 0.1) is 0 Å². The summed E-state index contributed by atoms with van der Waals surface area (Å²) in [5, 5.41) is 7.53. The van der Waals surface area contributed by atoms with E-state index in [1.54, 1.807) is 6.20 Å². The van der Waals surface area contributed by atoms with Crippen molar-refractivity contribution in [1.82, 2.24) is 25.1 Å². The van der Waals surface area contributed by atoms with Crippen LogP contribution in [0.5, 0.6) is 0 Å². The Balaban J connectivity index is 1.48. The molecule has 0 saturated carbocycles. The van der Waals surface area contributed by atoms with Gasteiger partial charge in [0.1, 0.15) is 12.1 Å². The summed E-state index contributed by atoms with van der Waals surface area (Å²) in [6.07, 6.45) is 1.81. The Morgan fingerprint density at radius 1 is 1.28 bits per heavy atom. The molecule has 2 saturated heterocycles. The van der Waals surface area contributed by atoms with Gasteiger partial charge in [-0.25, -0.2) is 18.7 Å². The number of hydrogen-bond acceptors (Lipinski definition) is 6. The minimum atomic E-state index is -2.68. The van der Waals surface area contributed by atoms with Crippen molar-refractivity contribution < 1.29 is 18.3 Å². The van der Waals surface area contributed by atoms with E-state index in [-0.39, 0.29) is 31.8 Å². The van der Waals surface area contributed by atoms with Gasteiger partial charge in [0.25, 0.3) is 11.8 Å². The lowest BCUT2D eigenvalue weighted by atomic mass is 10.1. The number of halogens is 2. The van der Waals surface area contributed by atoms with E-state index in [4.69, 9.17) is 4.74 Å². The second-order valence-corrected chi connectivity index (χ2v) is 6.32. The van der Waals surface area contributed by atoms with Gasteiger partial charge in [0, 0.05) is 32.5 Å². The van der Waals surface area contributed by atoms with Gasteiger partial charge in [-0.1, -0.05) is 0 Å². The molecule has 4 rings (SSSR count). The lowest BCUT2D eigenvalue weighted by molar-refractivity contribution is -0.150. The Labute approximate surface area is 142 Å². The van der Waals surface area contributed by atoms with Crippen molar-refractivity contribution in [2.75, 3.05) is 37.7 Å². The molecule has 134 valence electrons. The minimum Gasteiger partial charge on any atom is -0.365 e. The SMILES string of the molecule is O=C(C1CN(c2ncnc3[nH]ncc23)CCO1)N1CCC(F)(F)CC1. The molecule has 0 radical (unpaired) electrons. The van der Waals surface area contributed by atoms with Gasteiger partial charge in [-0.2, -0.15) is 5.10 Å². The largest absolute Gasteiger partial charge is 0.365 e. The normalized spacial score (nSPS) is 23.8. The highest BCUT2D eigenvalue weighted by Gasteiger charge is 2.38. The van der Waals surface area contributed by atoms with E-state index >= 15 is 0 Å². The summed E-state index contributed by atoms with van der Waals surface area (Å²) < 4.78 is 32.2. The number of amides is 1. The van der Waals surface area contributed by atoms with Crippen molar-refractivity contribution >= 4 is 22.8 Å². The number of carbonyl (C=O) groups is 1. The fourth-order valence-corrected chi connectivity index (χ4v) is 3.25. The van der Waals surface area contributed by atoms with Crippen LogP contribution in [0.2, 0.25) is 0 Å². The lowest BCUT2D eigenvalue weighted by Crippen LogP contribution is -2.53. The standard InChI is InChI=1S/C15H18F2N6O2/c16-15(17)1-3-22(4-2-15)14(24)11-8-23(5-6-25-11)13-10-7-20-21-12(10)18-9-19-13/h7,9,11H,1-6,8H2,(H,18,19,20,21). The molecular weight excluding hydrogens is 334 g/mol. The first-order valence-corrected chi connectivity index (χ1v) is 8.21. The number of fused-ring (bicyclic) bond motifs is 1. The zero-order chi connectivity index (χ0) is 17.4. The van der Waals surface area contributed by atoms with Crippen molar-refractivity contribution in [3.63, 3.8) is 0 Å². The first-order valence-electron chi connectivity index (χ1n) is 8.21. The van der Waals surface area contributed by atoms with Crippen molar-refractivity contribution in [2.45, 2.75) is 24.9 Å². The second kappa shape index (κ2) is 6.17. The molecule has 4 heterocycles. The Hall–Kier alpha value is -2.36. The number of ether oxygens (including phenoxy) is 1. The molecule has 8 nitrogen and oxygen atoms in total. The number of likely N-dealkylation sites (tertiary alicyclic amines) is 1. The predicted molar refractivity (Wildman–Crippen MR) is 84.4 cm³/mol. The molecule has 2 aromatic rings. The maximum absolute atomic E-state index is 13.3. The number of aromatic nitrogens is 4. The maximum Gasteiger partial charge on any atom is 0.253 e. The molecular formula is C15H18F2N6O2. The Morgan fingerprint density at radius 3 is 2.88 bits per heavy atom. The Bertz CT molecular complexity index is 772. The highest BCUT2D eigenvalue weighted by atomic mass is 19.3.